The van der Waals surface area contributed by atoms with Crippen LogP contribution in [0.3, 0.4) is 0 Å². The average Bonchev–Trinajstić information content (AvgIpc) is 2.63. The van der Waals surface area contributed by atoms with E-state index in [-0.39, 0.29) is 23.8 Å². The lowest BCUT2D eigenvalue weighted by atomic mass is 9.87. The zero-order valence-electron chi connectivity index (χ0n) is 16.5. The molecule has 0 aliphatic carbocycles. The van der Waals surface area contributed by atoms with Gasteiger partial charge in [-0.1, -0.05) is 50.6 Å². The highest BCUT2D eigenvalue weighted by Gasteiger charge is 2.13. The number of carbonyl (C=O) groups excluding carboxylic acids is 2. The van der Waals surface area contributed by atoms with E-state index < -0.39 is 0 Å². The van der Waals surface area contributed by atoms with E-state index >= 15 is 0 Å². The van der Waals surface area contributed by atoms with Crippen LogP contribution in [0.5, 0.6) is 5.75 Å². The summed E-state index contributed by atoms with van der Waals surface area (Å²) >= 11 is 0. The molecule has 0 fully saturated rings. The summed E-state index contributed by atoms with van der Waals surface area (Å²) in [4.78, 5) is 23.8. The van der Waals surface area contributed by atoms with Crippen LogP contribution in [0, 0.1) is 6.92 Å². The van der Waals surface area contributed by atoms with Gasteiger partial charge >= 0.3 is 0 Å². The molecule has 0 spiro atoms. The van der Waals surface area contributed by atoms with E-state index in [1.165, 1.54) is 5.56 Å². The minimum atomic E-state index is -0.264. The van der Waals surface area contributed by atoms with Crippen molar-refractivity contribution in [2.45, 2.75) is 33.1 Å². The number of ether oxygens (including phenoxy) is 1. The quantitative estimate of drug-likeness (QED) is 0.738. The molecule has 2 N–H and O–H groups in total. The molecule has 2 amide bonds. The van der Waals surface area contributed by atoms with Crippen molar-refractivity contribution in [1.82, 2.24) is 10.6 Å². The summed E-state index contributed by atoms with van der Waals surface area (Å²) in [5, 5.41) is 5.33. The highest BCUT2D eigenvalue weighted by atomic mass is 16.5. The van der Waals surface area contributed by atoms with Crippen LogP contribution in [0.1, 0.15) is 42.3 Å². The van der Waals surface area contributed by atoms with Crippen LogP contribution in [-0.2, 0) is 10.2 Å². The van der Waals surface area contributed by atoms with Gasteiger partial charge in [-0.15, -0.1) is 0 Å². The van der Waals surface area contributed by atoms with Crippen molar-refractivity contribution in [3.05, 3.63) is 65.2 Å². The summed E-state index contributed by atoms with van der Waals surface area (Å²) < 4.78 is 5.63. The van der Waals surface area contributed by atoms with Crippen LogP contribution in [-0.4, -0.2) is 31.5 Å². The lowest BCUT2D eigenvalue weighted by molar-refractivity contribution is -0.120. The SMILES string of the molecule is Cc1ccc(C(=O)NCC(=O)NCCOc2ccc(C(C)(C)C)cc2)cc1. The Balaban J connectivity index is 1.66. The molecule has 0 saturated carbocycles. The van der Waals surface area contributed by atoms with Gasteiger partial charge in [0.25, 0.3) is 5.91 Å². The summed E-state index contributed by atoms with van der Waals surface area (Å²) in [5.41, 5.74) is 2.97. The third-order valence-electron chi connectivity index (χ3n) is 4.14. The van der Waals surface area contributed by atoms with Crippen molar-refractivity contribution in [3.63, 3.8) is 0 Å². The van der Waals surface area contributed by atoms with Crippen LogP contribution in [0.4, 0.5) is 0 Å². The van der Waals surface area contributed by atoms with Gasteiger partial charge in [0.1, 0.15) is 12.4 Å². The van der Waals surface area contributed by atoms with Gasteiger partial charge in [-0.3, -0.25) is 9.59 Å². The maximum atomic E-state index is 12.0. The first-order chi connectivity index (χ1) is 12.8. The van der Waals surface area contributed by atoms with Gasteiger partial charge in [0, 0.05) is 5.56 Å². The topological polar surface area (TPSA) is 67.4 Å². The molecule has 0 radical (unpaired) electrons. The van der Waals surface area contributed by atoms with Crippen LogP contribution in [0.2, 0.25) is 0 Å². The lowest BCUT2D eigenvalue weighted by Crippen LogP contribution is -2.38. The molecule has 0 aromatic heterocycles. The van der Waals surface area contributed by atoms with Gasteiger partial charge in [-0.25, -0.2) is 0 Å². The van der Waals surface area contributed by atoms with E-state index in [9.17, 15) is 9.59 Å². The van der Waals surface area contributed by atoms with Crippen LogP contribution < -0.4 is 15.4 Å². The Morgan fingerprint density at radius 1 is 0.926 bits per heavy atom. The molecule has 0 unspecified atom stereocenters. The monoisotopic (exact) mass is 368 g/mol. The zero-order chi connectivity index (χ0) is 19.9. The fraction of sp³-hybridized carbons (Fsp3) is 0.364. The second-order valence-electron chi connectivity index (χ2n) is 7.52. The standard InChI is InChI=1S/C22H28N2O3/c1-16-5-7-17(8-6-16)21(26)24-15-20(25)23-13-14-27-19-11-9-18(10-12-19)22(2,3)4/h5-12H,13-15H2,1-4H3,(H,23,25)(H,24,26). The molecule has 0 aliphatic rings. The Morgan fingerprint density at radius 2 is 1.56 bits per heavy atom. The van der Waals surface area contributed by atoms with E-state index in [0.29, 0.717) is 18.7 Å². The fourth-order valence-corrected chi connectivity index (χ4v) is 2.44. The molecule has 5 heteroatoms. The van der Waals surface area contributed by atoms with Gasteiger partial charge < -0.3 is 15.4 Å². The largest absolute Gasteiger partial charge is 0.492 e. The first-order valence-electron chi connectivity index (χ1n) is 9.10. The van der Waals surface area contributed by atoms with Gasteiger partial charge in [-0.05, 0) is 42.2 Å². The van der Waals surface area contributed by atoms with Gasteiger partial charge in [0.2, 0.25) is 5.91 Å². The summed E-state index contributed by atoms with van der Waals surface area (Å²) in [6.45, 7) is 9.12. The van der Waals surface area contributed by atoms with Crippen molar-refractivity contribution in [2.75, 3.05) is 19.7 Å². The van der Waals surface area contributed by atoms with Gasteiger partial charge in [0.05, 0.1) is 13.1 Å². The highest BCUT2D eigenvalue weighted by molar-refractivity contribution is 5.96. The molecule has 0 bridgehead atoms. The molecule has 0 aliphatic heterocycles. The molecule has 0 saturated heterocycles. The normalized spacial score (nSPS) is 11.0. The molecular weight excluding hydrogens is 340 g/mol. The number of nitrogens with one attached hydrogen (secondary N) is 2. The van der Waals surface area contributed by atoms with Gasteiger partial charge in [-0.2, -0.15) is 0 Å². The van der Waals surface area contributed by atoms with E-state index in [1.54, 1.807) is 12.1 Å². The third kappa shape index (κ3) is 6.77. The van der Waals surface area contributed by atoms with Crippen molar-refractivity contribution >= 4 is 11.8 Å². The number of rotatable bonds is 7. The summed E-state index contributed by atoms with van der Waals surface area (Å²) in [5.74, 6) is 0.257. The van der Waals surface area contributed by atoms with Crippen molar-refractivity contribution in [1.29, 1.82) is 0 Å². The number of amides is 2. The summed E-state index contributed by atoms with van der Waals surface area (Å²) in [6, 6.07) is 15.2. The van der Waals surface area contributed by atoms with E-state index in [0.717, 1.165) is 11.3 Å². The smallest absolute Gasteiger partial charge is 0.251 e. The maximum Gasteiger partial charge on any atom is 0.251 e. The molecule has 144 valence electrons. The van der Waals surface area contributed by atoms with Crippen molar-refractivity contribution in [3.8, 4) is 5.75 Å². The molecule has 2 rings (SSSR count). The Morgan fingerprint density at radius 3 is 2.15 bits per heavy atom. The molecule has 2 aromatic carbocycles. The minimum Gasteiger partial charge on any atom is -0.492 e. The predicted octanol–water partition coefficient (Wildman–Crippen LogP) is 3.22. The Hall–Kier alpha value is -2.82. The number of hydrogen-bond donors (Lipinski definition) is 2. The summed E-state index contributed by atoms with van der Waals surface area (Å²) in [7, 11) is 0. The number of aryl methyl sites for hydroxylation is 1. The first kappa shape index (κ1) is 20.5. The van der Waals surface area contributed by atoms with Gasteiger partial charge in [0.15, 0.2) is 0 Å². The minimum absolute atomic E-state index is 0.0625. The Kier molecular flexibility index (Phi) is 6.99. The predicted molar refractivity (Wildman–Crippen MR) is 107 cm³/mol. The lowest BCUT2D eigenvalue weighted by Gasteiger charge is -2.19. The number of hydrogen-bond acceptors (Lipinski definition) is 3. The van der Waals surface area contributed by atoms with Crippen LogP contribution in [0.25, 0.3) is 0 Å². The first-order valence-corrected chi connectivity index (χ1v) is 9.10. The maximum absolute atomic E-state index is 12.0. The molecule has 0 heterocycles. The van der Waals surface area contributed by atoms with E-state index in [4.69, 9.17) is 4.74 Å². The van der Waals surface area contributed by atoms with Crippen LogP contribution >= 0.6 is 0 Å². The number of carbonyl (C=O) groups is 2. The molecular formula is C22H28N2O3. The van der Waals surface area contributed by atoms with Crippen molar-refractivity contribution in [2.24, 2.45) is 0 Å². The van der Waals surface area contributed by atoms with Crippen molar-refractivity contribution < 1.29 is 14.3 Å². The molecule has 27 heavy (non-hydrogen) atoms. The third-order valence-corrected chi connectivity index (χ3v) is 4.14. The fourth-order valence-electron chi connectivity index (χ4n) is 2.44. The summed E-state index contributed by atoms with van der Waals surface area (Å²) in [6.07, 6.45) is 0. The zero-order valence-corrected chi connectivity index (χ0v) is 16.5. The molecule has 5 nitrogen and oxygen atoms in total. The number of benzene rings is 2. The van der Waals surface area contributed by atoms with E-state index in [1.807, 2.05) is 31.2 Å². The second-order valence-corrected chi connectivity index (χ2v) is 7.52. The Bertz CT molecular complexity index is 760. The van der Waals surface area contributed by atoms with Crippen LogP contribution in [0.15, 0.2) is 48.5 Å². The molecule has 0 atom stereocenters. The average molecular weight is 368 g/mol. The Labute approximate surface area is 161 Å². The highest BCUT2D eigenvalue weighted by Crippen LogP contribution is 2.24. The van der Waals surface area contributed by atoms with E-state index in [2.05, 4.69) is 43.5 Å². The second kappa shape index (κ2) is 9.21. The molecule has 2 aromatic rings.